The highest BCUT2D eigenvalue weighted by atomic mass is 16.3. The zero-order valence-electron chi connectivity index (χ0n) is 10.00. The molecule has 0 heterocycles. The highest BCUT2D eigenvalue weighted by Crippen LogP contribution is 2.33. The average molecular weight is 219 g/mol. The molecule has 1 aliphatic carbocycles. The molecule has 1 aromatic carbocycles. The summed E-state index contributed by atoms with van der Waals surface area (Å²) in [6.07, 6.45) is 7.74. The predicted molar refractivity (Wildman–Crippen MR) is 67.9 cm³/mol. The standard InChI is InChI=1S/C14H21NO/c1-15-13-8-5-9-14(16)12(13)10-11-6-3-2-4-7-11/h5,8-9,11,15-16H,2-4,6-7,10H2,1H3. The number of aromatic hydroxyl groups is 1. The fourth-order valence-electron chi connectivity index (χ4n) is 2.70. The molecule has 2 rings (SSSR count). The van der Waals surface area contributed by atoms with Gasteiger partial charge in [0.1, 0.15) is 5.75 Å². The Balaban J connectivity index is 2.12. The van der Waals surface area contributed by atoms with Crippen LogP contribution in [0, 0.1) is 5.92 Å². The predicted octanol–water partition coefficient (Wildman–Crippen LogP) is 3.56. The van der Waals surface area contributed by atoms with Crippen LogP contribution in [0.2, 0.25) is 0 Å². The number of phenols is 1. The summed E-state index contributed by atoms with van der Waals surface area (Å²) in [5.41, 5.74) is 2.17. The Morgan fingerprint density at radius 2 is 2.00 bits per heavy atom. The van der Waals surface area contributed by atoms with Gasteiger partial charge in [0.25, 0.3) is 0 Å². The lowest BCUT2D eigenvalue weighted by Crippen LogP contribution is -2.10. The highest BCUT2D eigenvalue weighted by molar-refractivity contribution is 5.56. The summed E-state index contributed by atoms with van der Waals surface area (Å²) in [6.45, 7) is 0. The summed E-state index contributed by atoms with van der Waals surface area (Å²) in [5.74, 6) is 1.20. The number of hydrogen-bond acceptors (Lipinski definition) is 2. The van der Waals surface area contributed by atoms with Crippen molar-refractivity contribution < 1.29 is 5.11 Å². The van der Waals surface area contributed by atoms with Crippen molar-refractivity contribution in [3.8, 4) is 5.75 Å². The fourth-order valence-corrected chi connectivity index (χ4v) is 2.70. The molecule has 2 heteroatoms. The van der Waals surface area contributed by atoms with Crippen molar-refractivity contribution in [3.63, 3.8) is 0 Å². The molecule has 1 fully saturated rings. The van der Waals surface area contributed by atoms with Crippen LogP contribution in [0.1, 0.15) is 37.7 Å². The van der Waals surface area contributed by atoms with Crippen molar-refractivity contribution in [2.45, 2.75) is 38.5 Å². The molecule has 1 saturated carbocycles. The van der Waals surface area contributed by atoms with Crippen molar-refractivity contribution >= 4 is 5.69 Å². The molecule has 1 aliphatic rings. The molecule has 88 valence electrons. The SMILES string of the molecule is CNc1cccc(O)c1CC1CCCCC1. The largest absolute Gasteiger partial charge is 0.508 e. The van der Waals surface area contributed by atoms with E-state index in [0.717, 1.165) is 23.6 Å². The summed E-state index contributed by atoms with van der Waals surface area (Å²) in [6, 6.07) is 5.72. The van der Waals surface area contributed by atoms with Gasteiger partial charge >= 0.3 is 0 Å². The van der Waals surface area contributed by atoms with Crippen molar-refractivity contribution in [3.05, 3.63) is 23.8 Å². The number of benzene rings is 1. The second-order valence-corrected chi connectivity index (χ2v) is 4.76. The van der Waals surface area contributed by atoms with E-state index in [0.29, 0.717) is 5.75 Å². The van der Waals surface area contributed by atoms with Crippen LogP contribution in [0.15, 0.2) is 18.2 Å². The summed E-state index contributed by atoms with van der Waals surface area (Å²) in [5, 5.41) is 13.1. The van der Waals surface area contributed by atoms with Gasteiger partial charge in [-0.3, -0.25) is 0 Å². The lowest BCUT2D eigenvalue weighted by atomic mass is 9.84. The summed E-state index contributed by atoms with van der Waals surface area (Å²) < 4.78 is 0. The van der Waals surface area contributed by atoms with Gasteiger partial charge in [-0.15, -0.1) is 0 Å². The van der Waals surface area contributed by atoms with Gasteiger partial charge in [-0.05, 0) is 24.5 Å². The van der Waals surface area contributed by atoms with E-state index in [1.165, 1.54) is 32.1 Å². The van der Waals surface area contributed by atoms with Crippen LogP contribution < -0.4 is 5.32 Å². The molecule has 0 saturated heterocycles. The molecule has 1 aromatic rings. The summed E-state index contributed by atoms with van der Waals surface area (Å²) in [7, 11) is 1.92. The van der Waals surface area contributed by atoms with Gasteiger partial charge in [-0.25, -0.2) is 0 Å². The van der Waals surface area contributed by atoms with Crippen LogP contribution in [0.3, 0.4) is 0 Å². The molecule has 2 N–H and O–H groups in total. The van der Waals surface area contributed by atoms with Gasteiger partial charge in [-0.1, -0.05) is 38.2 Å². The second-order valence-electron chi connectivity index (χ2n) is 4.76. The topological polar surface area (TPSA) is 32.3 Å². The maximum absolute atomic E-state index is 9.91. The number of anilines is 1. The minimum atomic E-state index is 0.442. The third-order valence-electron chi connectivity index (χ3n) is 3.64. The molecule has 0 atom stereocenters. The maximum Gasteiger partial charge on any atom is 0.120 e. The third-order valence-corrected chi connectivity index (χ3v) is 3.64. The van der Waals surface area contributed by atoms with E-state index in [2.05, 4.69) is 5.32 Å². The average Bonchev–Trinajstić information content (AvgIpc) is 2.33. The third kappa shape index (κ3) is 2.49. The van der Waals surface area contributed by atoms with E-state index < -0.39 is 0 Å². The van der Waals surface area contributed by atoms with Gasteiger partial charge in [0, 0.05) is 18.3 Å². The first-order valence-electron chi connectivity index (χ1n) is 6.30. The monoisotopic (exact) mass is 219 g/mol. The molecule has 0 aromatic heterocycles. The first kappa shape index (κ1) is 11.3. The van der Waals surface area contributed by atoms with Crippen molar-refractivity contribution in [1.29, 1.82) is 0 Å². The van der Waals surface area contributed by atoms with Gasteiger partial charge < -0.3 is 10.4 Å². The lowest BCUT2D eigenvalue weighted by molar-refractivity contribution is 0.352. The molecular formula is C14H21NO. The first-order valence-corrected chi connectivity index (χ1v) is 6.30. The van der Waals surface area contributed by atoms with Crippen molar-refractivity contribution in [2.24, 2.45) is 5.92 Å². The molecule has 0 amide bonds. The normalized spacial score (nSPS) is 17.3. The Bertz CT molecular complexity index is 343. The number of phenolic OH excluding ortho intramolecular Hbond substituents is 1. The van der Waals surface area contributed by atoms with Crippen LogP contribution in [0.25, 0.3) is 0 Å². The summed E-state index contributed by atoms with van der Waals surface area (Å²) >= 11 is 0. The Kier molecular flexibility index (Phi) is 3.70. The molecule has 0 radical (unpaired) electrons. The van der Waals surface area contributed by atoms with Gasteiger partial charge in [0.15, 0.2) is 0 Å². The Morgan fingerprint density at radius 3 is 2.69 bits per heavy atom. The molecule has 0 bridgehead atoms. The van der Waals surface area contributed by atoms with E-state index in [4.69, 9.17) is 0 Å². The first-order chi connectivity index (χ1) is 7.81. The quantitative estimate of drug-likeness (QED) is 0.814. The number of hydrogen-bond donors (Lipinski definition) is 2. The maximum atomic E-state index is 9.91. The van der Waals surface area contributed by atoms with Crippen LogP contribution in [0.4, 0.5) is 5.69 Å². The highest BCUT2D eigenvalue weighted by Gasteiger charge is 2.17. The van der Waals surface area contributed by atoms with Gasteiger partial charge in [0.05, 0.1) is 0 Å². The smallest absolute Gasteiger partial charge is 0.120 e. The number of rotatable bonds is 3. The molecule has 0 unspecified atom stereocenters. The van der Waals surface area contributed by atoms with E-state index in [-0.39, 0.29) is 0 Å². The zero-order chi connectivity index (χ0) is 11.4. The second kappa shape index (κ2) is 5.24. The van der Waals surface area contributed by atoms with Crippen LogP contribution in [-0.4, -0.2) is 12.2 Å². The van der Waals surface area contributed by atoms with E-state index in [1.54, 1.807) is 6.07 Å². The minimum Gasteiger partial charge on any atom is -0.508 e. The number of nitrogens with one attached hydrogen (secondary N) is 1. The van der Waals surface area contributed by atoms with Crippen molar-refractivity contribution in [2.75, 3.05) is 12.4 Å². The van der Waals surface area contributed by atoms with Crippen LogP contribution in [-0.2, 0) is 6.42 Å². The van der Waals surface area contributed by atoms with Gasteiger partial charge in [0.2, 0.25) is 0 Å². The fraction of sp³-hybridized carbons (Fsp3) is 0.571. The summed E-state index contributed by atoms with van der Waals surface area (Å²) in [4.78, 5) is 0. The Hall–Kier alpha value is -1.18. The van der Waals surface area contributed by atoms with E-state index in [1.807, 2.05) is 19.2 Å². The molecule has 0 aliphatic heterocycles. The van der Waals surface area contributed by atoms with Crippen LogP contribution in [0.5, 0.6) is 5.75 Å². The van der Waals surface area contributed by atoms with E-state index in [9.17, 15) is 5.11 Å². The van der Waals surface area contributed by atoms with Crippen LogP contribution >= 0.6 is 0 Å². The van der Waals surface area contributed by atoms with E-state index >= 15 is 0 Å². The molecule has 16 heavy (non-hydrogen) atoms. The van der Waals surface area contributed by atoms with Crippen molar-refractivity contribution in [1.82, 2.24) is 0 Å². The molecule has 2 nitrogen and oxygen atoms in total. The zero-order valence-corrected chi connectivity index (χ0v) is 10.00. The lowest BCUT2D eigenvalue weighted by Gasteiger charge is -2.23. The molecule has 0 spiro atoms. The molecular weight excluding hydrogens is 198 g/mol. The Morgan fingerprint density at radius 1 is 1.25 bits per heavy atom. The Labute approximate surface area is 97.7 Å². The minimum absolute atomic E-state index is 0.442. The van der Waals surface area contributed by atoms with Gasteiger partial charge in [-0.2, -0.15) is 0 Å².